The van der Waals surface area contributed by atoms with Crippen LogP contribution in [-0.2, 0) is 6.42 Å². The summed E-state index contributed by atoms with van der Waals surface area (Å²) in [6, 6.07) is 22.1. The zero-order chi connectivity index (χ0) is 21.5. The van der Waals surface area contributed by atoms with Crippen molar-refractivity contribution in [1.29, 1.82) is 0 Å². The van der Waals surface area contributed by atoms with Gasteiger partial charge in [-0.25, -0.2) is 4.79 Å². The van der Waals surface area contributed by atoms with Crippen LogP contribution < -0.4 is 5.32 Å². The van der Waals surface area contributed by atoms with Crippen LogP contribution >= 0.6 is 11.6 Å². The number of carbonyl (C=O) groups is 1. The summed E-state index contributed by atoms with van der Waals surface area (Å²) < 4.78 is 0. The van der Waals surface area contributed by atoms with Crippen LogP contribution in [0.4, 0.5) is 10.5 Å². The number of nitrogens with one attached hydrogen (secondary N) is 2. The minimum absolute atomic E-state index is 0.125. The predicted octanol–water partition coefficient (Wildman–Crippen LogP) is 6.62. The molecule has 3 aromatic carbocycles. The van der Waals surface area contributed by atoms with Crippen molar-refractivity contribution in [3.63, 3.8) is 0 Å². The number of halogens is 1. The smallest absolute Gasteiger partial charge is 0.322 e. The Hall–Kier alpha value is -3.24. The third kappa shape index (κ3) is 3.47. The molecule has 0 bridgehead atoms. The Balaban J connectivity index is 1.58. The lowest BCUT2D eigenvalue weighted by Crippen LogP contribution is -2.43. The second kappa shape index (κ2) is 7.78. The molecule has 4 nitrogen and oxygen atoms in total. The second-order valence-corrected chi connectivity index (χ2v) is 8.57. The van der Waals surface area contributed by atoms with Crippen molar-refractivity contribution in [1.82, 2.24) is 9.88 Å². The topological polar surface area (TPSA) is 48.1 Å². The molecule has 1 atom stereocenters. The maximum absolute atomic E-state index is 13.5. The van der Waals surface area contributed by atoms with Gasteiger partial charge in [-0.15, -0.1) is 0 Å². The van der Waals surface area contributed by atoms with E-state index in [9.17, 15) is 4.79 Å². The number of para-hydroxylation sites is 1. The van der Waals surface area contributed by atoms with Crippen LogP contribution in [0.15, 0.2) is 66.7 Å². The molecule has 0 fully saturated rings. The molecule has 5 heteroatoms. The lowest BCUT2D eigenvalue weighted by atomic mass is 9.92. The summed E-state index contributed by atoms with van der Waals surface area (Å²) >= 11 is 6.26. The molecule has 4 aromatic rings. The molecule has 1 aliphatic heterocycles. The van der Waals surface area contributed by atoms with E-state index in [0.29, 0.717) is 11.6 Å². The van der Waals surface area contributed by atoms with Gasteiger partial charge in [-0.2, -0.15) is 0 Å². The van der Waals surface area contributed by atoms with E-state index in [1.54, 1.807) is 0 Å². The van der Waals surface area contributed by atoms with Gasteiger partial charge in [0, 0.05) is 33.9 Å². The number of aryl methyl sites for hydroxylation is 1. The first-order chi connectivity index (χ1) is 15.0. The molecule has 31 heavy (non-hydrogen) atoms. The van der Waals surface area contributed by atoms with Gasteiger partial charge in [-0.1, -0.05) is 65.7 Å². The molecule has 2 amide bonds. The van der Waals surface area contributed by atoms with Gasteiger partial charge in [0.05, 0.1) is 6.04 Å². The van der Waals surface area contributed by atoms with E-state index in [0.717, 1.165) is 34.4 Å². The molecule has 156 valence electrons. The highest BCUT2D eigenvalue weighted by Gasteiger charge is 2.34. The van der Waals surface area contributed by atoms with Crippen LogP contribution in [-0.4, -0.2) is 22.5 Å². The summed E-state index contributed by atoms with van der Waals surface area (Å²) in [4.78, 5) is 19.0. The molecular formula is C26H24ClN3O. The van der Waals surface area contributed by atoms with Crippen molar-refractivity contribution >= 4 is 34.2 Å². The van der Waals surface area contributed by atoms with Crippen LogP contribution in [0.3, 0.4) is 0 Å². The molecule has 0 saturated heterocycles. The van der Waals surface area contributed by atoms with E-state index in [1.807, 2.05) is 36.1 Å². The number of aromatic nitrogens is 1. The van der Waals surface area contributed by atoms with Crippen LogP contribution in [0.1, 0.15) is 34.0 Å². The van der Waals surface area contributed by atoms with Gasteiger partial charge in [-0.05, 0) is 55.2 Å². The molecule has 2 N–H and O–H groups in total. The first-order valence-electron chi connectivity index (χ1n) is 10.5. The van der Waals surface area contributed by atoms with Crippen molar-refractivity contribution in [3.8, 4) is 0 Å². The molecule has 1 aliphatic rings. The fourth-order valence-electron chi connectivity index (χ4n) is 4.48. The molecule has 0 radical (unpaired) electrons. The summed E-state index contributed by atoms with van der Waals surface area (Å²) in [6.45, 7) is 4.63. The Labute approximate surface area is 186 Å². The Morgan fingerprint density at radius 2 is 1.81 bits per heavy atom. The van der Waals surface area contributed by atoms with Gasteiger partial charge in [0.15, 0.2) is 0 Å². The number of benzene rings is 3. The minimum Gasteiger partial charge on any atom is -0.356 e. The average molecular weight is 430 g/mol. The Bertz CT molecular complexity index is 1280. The Kier molecular flexibility index (Phi) is 4.95. The maximum Gasteiger partial charge on any atom is 0.322 e. The summed E-state index contributed by atoms with van der Waals surface area (Å²) in [5.74, 6) is 0. The van der Waals surface area contributed by atoms with Crippen LogP contribution in [0.2, 0.25) is 5.02 Å². The molecule has 0 aliphatic carbocycles. The lowest BCUT2D eigenvalue weighted by molar-refractivity contribution is 0.193. The van der Waals surface area contributed by atoms with E-state index >= 15 is 0 Å². The van der Waals surface area contributed by atoms with Crippen molar-refractivity contribution in [2.75, 3.05) is 11.9 Å². The highest BCUT2D eigenvalue weighted by atomic mass is 35.5. The quantitative estimate of drug-likeness (QED) is 0.369. The predicted molar refractivity (Wildman–Crippen MR) is 127 cm³/mol. The average Bonchev–Trinajstić information content (AvgIpc) is 3.15. The van der Waals surface area contributed by atoms with Crippen molar-refractivity contribution in [2.24, 2.45) is 0 Å². The largest absolute Gasteiger partial charge is 0.356 e. The van der Waals surface area contributed by atoms with Crippen molar-refractivity contribution < 1.29 is 4.79 Å². The number of carbonyl (C=O) groups excluding carboxylic acids is 1. The van der Waals surface area contributed by atoms with Crippen molar-refractivity contribution in [2.45, 2.75) is 26.3 Å². The number of aromatic amines is 1. The van der Waals surface area contributed by atoms with Gasteiger partial charge in [0.2, 0.25) is 0 Å². The fraction of sp³-hybridized carbons (Fsp3) is 0.192. The normalized spacial score (nSPS) is 15.7. The first kappa shape index (κ1) is 19.7. The zero-order valence-electron chi connectivity index (χ0n) is 17.6. The molecule has 1 aromatic heterocycles. The number of nitrogens with zero attached hydrogens (tertiary/aromatic N) is 1. The monoisotopic (exact) mass is 429 g/mol. The number of rotatable bonds is 2. The Morgan fingerprint density at radius 1 is 1.03 bits per heavy atom. The third-order valence-corrected chi connectivity index (χ3v) is 6.61. The SMILES string of the molecule is Cc1ccc([C@@H]2c3[nH]c4ccccc4c3CCN2C(=O)Nc2cccc(Cl)c2C)cc1. The standard InChI is InChI=1S/C26H24ClN3O/c1-16-10-12-18(13-11-16)25-24-20(19-6-3-4-8-23(19)28-24)14-15-30(25)26(31)29-22-9-5-7-21(27)17(22)2/h3-13,25,28H,14-15H2,1-2H3,(H,29,31)/t25-/m1/s1. The van der Waals surface area contributed by atoms with E-state index in [4.69, 9.17) is 11.6 Å². The highest BCUT2D eigenvalue weighted by molar-refractivity contribution is 6.31. The molecule has 0 spiro atoms. The van der Waals surface area contributed by atoms with Gasteiger partial charge in [0.1, 0.15) is 0 Å². The van der Waals surface area contributed by atoms with Gasteiger partial charge < -0.3 is 15.2 Å². The van der Waals surface area contributed by atoms with Gasteiger partial charge >= 0.3 is 6.03 Å². The van der Waals surface area contributed by atoms with E-state index < -0.39 is 0 Å². The molecule has 2 heterocycles. The molecular weight excluding hydrogens is 406 g/mol. The summed E-state index contributed by atoms with van der Waals surface area (Å²) in [6.07, 6.45) is 0.809. The second-order valence-electron chi connectivity index (χ2n) is 8.16. The van der Waals surface area contributed by atoms with Gasteiger partial charge in [0.25, 0.3) is 0 Å². The third-order valence-electron chi connectivity index (χ3n) is 6.20. The van der Waals surface area contributed by atoms with E-state index in [2.05, 4.69) is 59.7 Å². The number of H-pyrrole nitrogens is 1. The molecule has 0 saturated carbocycles. The van der Waals surface area contributed by atoms with Crippen LogP contribution in [0, 0.1) is 13.8 Å². The lowest BCUT2D eigenvalue weighted by Gasteiger charge is -2.36. The number of hydrogen-bond donors (Lipinski definition) is 2. The van der Waals surface area contributed by atoms with E-state index in [-0.39, 0.29) is 12.1 Å². The fourth-order valence-corrected chi connectivity index (χ4v) is 4.66. The zero-order valence-corrected chi connectivity index (χ0v) is 18.3. The number of hydrogen-bond acceptors (Lipinski definition) is 1. The number of fused-ring (bicyclic) bond motifs is 3. The minimum atomic E-state index is -0.184. The summed E-state index contributed by atoms with van der Waals surface area (Å²) in [5.41, 5.74) is 7.39. The number of urea groups is 1. The number of anilines is 1. The first-order valence-corrected chi connectivity index (χ1v) is 10.9. The Morgan fingerprint density at radius 3 is 2.61 bits per heavy atom. The van der Waals surface area contributed by atoms with Crippen LogP contribution in [0.25, 0.3) is 10.9 Å². The van der Waals surface area contributed by atoms with E-state index in [1.165, 1.54) is 16.5 Å². The van der Waals surface area contributed by atoms with Crippen molar-refractivity contribution in [3.05, 3.63) is 99.7 Å². The number of amides is 2. The maximum atomic E-state index is 13.5. The van der Waals surface area contributed by atoms with Gasteiger partial charge in [-0.3, -0.25) is 0 Å². The molecule has 0 unspecified atom stereocenters. The van der Waals surface area contributed by atoms with Crippen LogP contribution in [0.5, 0.6) is 0 Å². The summed E-state index contributed by atoms with van der Waals surface area (Å²) in [7, 11) is 0. The highest BCUT2D eigenvalue weighted by Crippen LogP contribution is 2.39. The molecule has 5 rings (SSSR count). The summed E-state index contributed by atoms with van der Waals surface area (Å²) in [5, 5.41) is 4.96.